The zero-order chi connectivity index (χ0) is 14.7. The zero-order valence-electron chi connectivity index (χ0n) is 10.1. The molecule has 0 spiro atoms. The van der Waals surface area contributed by atoms with Gasteiger partial charge in [-0.05, 0) is 42.5 Å². The molecule has 5 heteroatoms. The number of phenolic OH excluding ortho intramolecular Hbond substituents is 1. The van der Waals surface area contributed by atoms with Gasteiger partial charge in [0.15, 0.2) is 5.78 Å². The fourth-order valence-corrected chi connectivity index (χ4v) is 1.61. The lowest BCUT2D eigenvalue weighted by Gasteiger charge is -2.00. The van der Waals surface area contributed by atoms with E-state index in [0.29, 0.717) is 0 Å². The molecule has 0 saturated carbocycles. The second-order valence-electron chi connectivity index (χ2n) is 4.02. The lowest BCUT2D eigenvalue weighted by Crippen LogP contribution is -1.95. The van der Waals surface area contributed by atoms with Gasteiger partial charge in [-0.2, -0.15) is 0 Å². The normalized spacial score (nSPS) is 10.9. The molecule has 0 heterocycles. The van der Waals surface area contributed by atoms with Crippen LogP contribution < -0.4 is 0 Å². The number of allylic oxidation sites excluding steroid dienone is 1. The predicted molar refractivity (Wildman–Crippen MR) is 67.8 cm³/mol. The molecule has 0 radical (unpaired) electrons. The van der Waals surface area contributed by atoms with Crippen LogP contribution in [0.4, 0.5) is 13.2 Å². The van der Waals surface area contributed by atoms with Gasteiger partial charge in [-0.15, -0.1) is 0 Å². The number of carbonyl (C=O) groups excluding carboxylic acids is 1. The predicted octanol–water partition coefficient (Wildman–Crippen LogP) is 3.71. The van der Waals surface area contributed by atoms with Gasteiger partial charge in [0.05, 0.1) is 5.56 Å². The summed E-state index contributed by atoms with van der Waals surface area (Å²) in [4.78, 5) is 11.8. The summed E-state index contributed by atoms with van der Waals surface area (Å²) in [5.41, 5.74) is -0.223. The van der Waals surface area contributed by atoms with Gasteiger partial charge in [-0.1, -0.05) is 0 Å². The maximum absolute atomic E-state index is 13.3. The van der Waals surface area contributed by atoms with Crippen molar-refractivity contribution in [3.8, 4) is 5.75 Å². The van der Waals surface area contributed by atoms with Crippen LogP contribution in [0.5, 0.6) is 5.75 Å². The molecule has 20 heavy (non-hydrogen) atoms. The third kappa shape index (κ3) is 3.06. The first-order valence-corrected chi connectivity index (χ1v) is 5.63. The first kappa shape index (κ1) is 13.9. The molecule has 1 N–H and O–H groups in total. The van der Waals surface area contributed by atoms with Crippen LogP contribution in [-0.2, 0) is 0 Å². The van der Waals surface area contributed by atoms with E-state index >= 15 is 0 Å². The number of benzene rings is 2. The van der Waals surface area contributed by atoms with E-state index in [9.17, 15) is 23.1 Å². The number of carbonyl (C=O) groups is 1. The molecule has 0 aromatic heterocycles. The number of aromatic hydroxyl groups is 1. The zero-order valence-corrected chi connectivity index (χ0v) is 10.1. The van der Waals surface area contributed by atoms with Crippen molar-refractivity contribution in [3.63, 3.8) is 0 Å². The third-order valence-corrected chi connectivity index (χ3v) is 2.60. The van der Waals surface area contributed by atoms with Crippen molar-refractivity contribution in [2.24, 2.45) is 0 Å². The smallest absolute Gasteiger partial charge is 0.189 e. The number of halogens is 3. The Morgan fingerprint density at radius 3 is 2.35 bits per heavy atom. The topological polar surface area (TPSA) is 37.3 Å². The standard InChI is InChI=1S/C15H9F3O2/c16-10-3-5-13(18)9(7-10)1-6-14(19)12-4-2-11(17)8-15(12)20/h1-8,20H/b6-1+. The molecule has 0 amide bonds. The largest absolute Gasteiger partial charge is 0.507 e. The van der Waals surface area contributed by atoms with Gasteiger partial charge in [-0.3, -0.25) is 4.79 Å². The number of hydrogen-bond acceptors (Lipinski definition) is 2. The van der Waals surface area contributed by atoms with Gasteiger partial charge in [0.1, 0.15) is 23.2 Å². The number of rotatable bonds is 3. The van der Waals surface area contributed by atoms with Crippen molar-refractivity contribution in [2.45, 2.75) is 0 Å². The summed E-state index contributed by atoms with van der Waals surface area (Å²) in [6.45, 7) is 0. The van der Waals surface area contributed by atoms with E-state index in [2.05, 4.69) is 0 Å². The van der Waals surface area contributed by atoms with E-state index in [1.54, 1.807) is 0 Å². The number of hydrogen-bond donors (Lipinski definition) is 1. The van der Waals surface area contributed by atoms with Crippen LogP contribution in [0.1, 0.15) is 15.9 Å². The highest BCUT2D eigenvalue weighted by Gasteiger charge is 2.09. The molecule has 0 aliphatic carbocycles. The molecule has 0 unspecified atom stereocenters. The summed E-state index contributed by atoms with van der Waals surface area (Å²) in [5.74, 6) is -3.16. The van der Waals surface area contributed by atoms with Crippen molar-refractivity contribution >= 4 is 11.9 Å². The van der Waals surface area contributed by atoms with Crippen LogP contribution in [0.2, 0.25) is 0 Å². The van der Waals surface area contributed by atoms with Gasteiger partial charge in [0.25, 0.3) is 0 Å². The van der Waals surface area contributed by atoms with Gasteiger partial charge >= 0.3 is 0 Å². The Bertz CT molecular complexity index is 694. The second-order valence-corrected chi connectivity index (χ2v) is 4.02. The molecule has 2 aromatic rings. The fraction of sp³-hybridized carbons (Fsp3) is 0. The molecule has 0 aliphatic heterocycles. The van der Waals surface area contributed by atoms with Crippen LogP contribution in [0.25, 0.3) is 6.08 Å². The fourth-order valence-electron chi connectivity index (χ4n) is 1.61. The summed E-state index contributed by atoms with van der Waals surface area (Å²) < 4.78 is 39.0. The third-order valence-electron chi connectivity index (χ3n) is 2.60. The lowest BCUT2D eigenvalue weighted by molar-refractivity contribution is 0.104. The van der Waals surface area contributed by atoms with Crippen LogP contribution in [0.15, 0.2) is 42.5 Å². The van der Waals surface area contributed by atoms with Crippen LogP contribution in [0.3, 0.4) is 0 Å². The Kier molecular flexibility index (Phi) is 3.89. The van der Waals surface area contributed by atoms with Crippen molar-refractivity contribution in [3.05, 3.63) is 71.1 Å². The van der Waals surface area contributed by atoms with Gasteiger partial charge in [0.2, 0.25) is 0 Å². The Balaban J connectivity index is 2.27. The Morgan fingerprint density at radius 2 is 1.65 bits per heavy atom. The quantitative estimate of drug-likeness (QED) is 0.686. The maximum Gasteiger partial charge on any atom is 0.189 e. The Hall–Kier alpha value is -2.56. The Morgan fingerprint density at radius 1 is 1.00 bits per heavy atom. The minimum absolute atomic E-state index is 0.0973. The highest BCUT2D eigenvalue weighted by Crippen LogP contribution is 2.20. The average molecular weight is 278 g/mol. The van der Waals surface area contributed by atoms with Crippen LogP contribution in [-0.4, -0.2) is 10.9 Å². The summed E-state index contributed by atoms with van der Waals surface area (Å²) in [5, 5.41) is 9.43. The van der Waals surface area contributed by atoms with Crippen molar-refractivity contribution < 1.29 is 23.1 Å². The van der Waals surface area contributed by atoms with E-state index in [4.69, 9.17) is 0 Å². The maximum atomic E-state index is 13.3. The minimum Gasteiger partial charge on any atom is -0.507 e. The van der Waals surface area contributed by atoms with Crippen LogP contribution in [0, 0.1) is 17.5 Å². The molecule has 2 rings (SSSR count). The molecule has 0 aliphatic rings. The van der Waals surface area contributed by atoms with Gasteiger partial charge < -0.3 is 5.11 Å². The molecular formula is C15H9F3O2. The van der Waals surface area contributed by atoms with Crippen molar-refractivity contribution in [2.75, 3.05) is 0 Å². The lowest BCUT2D eigenvalue weighted by atomic mass is 10.1. The van der Waals surface area contributed by atoms with Gasteiger partial charge in [-0.25, -0.2) is 13.2 Å². The number of ketones is 1. The molecular weight excluding hydrogens is 269 g/mol. The Labute approximate surface area is 112 Å². The highest BCUT2D eigenvalue weighted by molar-refractivity contribution is 6.08. The van der Waals surface area contributed by atoms with E-state index in [1.165, 1.54) is 0 Å². The number of phenols is 1. The van der Waals surface area contributed by atoms with E-state index in [-0.39, 0.29) is 11.1 Å². The van der Waals surface area contributed by atoms with E-state index in [1.807, 2.05) is 0 Å². The molecule has 2 nitrogen and oxygen atoms in total. The van der Waals surface area contributed by atoms with E-state index < -0.39 is 29.0 Å². The first-order chi connectivity index (χ1) is 9.47. The van der Waals surface area contributed by atoms with Crippen molar-refractivity contribution in [1.82, 2.24) is 0 Å². The van der Waals surface area contributed by atoms with E-state index in [0.717, 1.165) is 48.6 Å². The highest BCUT2D eigenvalue weighted by atomic mass is 19.1. The average Bonchev–Trinajstić information content (AvgIpc) is 2.39. The second kappa shape index (κ2) is 5.61. The monoisotopic (exact) mass is 278 g/mol. The minimum atomic E-state index is -0.682. The van der Waals surface area contributed by atoms with Crippen LogP contribution >= 0.6 is 0 Å². The van der Waals surface area contributed by atoms with Crippen molar-refractivity contribution in [1.29, 1.82) is 0 Å². The molecule has 2 aromatic carbocycles. The summed E-state index contributed by atoms with van der Waals surface area (Å²) in [6.07, 6.45) is 2.06. The molecule has 0 bridgehead atoms. The molecule has 0 saturated heterocycles. The molecule has 0 fully saturated rings. The molecule has 0 atom stereocenters. The van der Waals surface area contributed by atoms with Gasteiger partial charge in [0, 0.05) is 11.6 Å². The summed E-state index contributed by atoms with van der Waals surface area (Å²) in [6, 6.07) is 5.76. The first-order valence-electron chi connectivity index (χ1n) is 5.63. The summed E-state index contributed by atoms with van der Waals surface area (Å²) in [7, 11) is 0. The summed E-state index contributed by atoms with van der Waals surface area (Å²) >= 11 is 0. The SMILES string of the molecule is O=C(/C=C/c1cc(F)ccc1F)c1ccc(F)cc1O. The molecule has 102 valence electrons.